The Labute approximate surface area is 136 Å². The Bertz CT molecular complexity index is 992. The number of halogens is 2. The fraction of sp³-hybridized carbons (Fsp3) is 0. The second-order valence-electron chi connectivity index (χ2n) is 5.06. The zero-order valence-electron chi connectivity index (χ0n) is 11.4. The summed E-state index contributed by atoms with van der Waals surface area (Å²) in [7, 11) is 0. The van der Waals surface area contributed by atoms with E-state index in [-0.39, 0.29) is 0 Å². The minimum absolute atomic E-state index is 0.533. The van der Waals surface area contributed by atoms with Gasteiger partial charge in [0.1, 0.15) is 0 Å². The Balaban J connectivity index is 1.78. The average molecular weight is 328 g/mol. The van der Waals surface area contributed by atoms with Gasteiger partial charge in [0.15, 0.2) is 0 Å². The monoisotopic (exact) mass is 327 g/mol. The molecule has 2 N–H and O–H groups in total. The van der Waals surface area contributed by atoms with E-state index in [1.165, 1.54) is 0 Å². The third-order valence-corrected chi connectivity index (χ3v) is 4.35. The molecule has 0 atom stereocenters. The molecular weight excluding hydrogens is 317 g/mol. The van der Waals surface area contributed by atoms with Crippen LogP contribution in [-0.2, 0) is 0 Å². The van der Waals surface area contributed by atoms with Gasteiger partial charge in [-0.15, -0.1) is 0 Å². The van der Waals surface area contributed by atoms with Gasteiger partial charge in [-0.2, -0.15) is 0 Å². The second kappa shape index (κ2) is 5.20. The smallest absolute Gasteiger partial charge is 0.0651 e. The molecule has 0 saturated carbocycles. The number of rotatable bonds is 2. The molecule has 0 aliphatic carbocycles. The Morgan fingerprint density at radius 1 is 0.818 bits per heavy atom. The fourth-order valence-corrected chi connectivity index (χ4v) is 2.87. The number of aromatic amines is 1. The van der Waals surface area contributed by atoms with Crippen molar-refractivity contribution in [2.45, 2.75) is 0 Å². The van der Waals surface area contributed by atoms with E-state index >= 15 is 0 Å². The number of nitrogens with one attached hydrogen (secondary N) is 2. The van der Waals surface area contributed by atoms with Crippen LogP contribution in [0.1, 0.15) is 0 Å². The quantitative estimate of drug-likeness (QED) is 0.491. The number of hydrogen-bond donors (Lipinski definition) is 2. The summed E-state index contributed by atoms with van der Waals surface area (Å²) >= 11 is 12.0. The zero-order valence-corrected chi connectivity index (χ0v) is 12.9. The summed E-state index contributed by atoms with van der Waals surface area (Å²) in [4.78, 5) is 7.50. The number of aromatic nitrogens is 2. The lowest BCUT2D eigenvalue weighted by Crippen LogP contribution is -1.89. The van der Waals surface area contributed by atoms with Crippen molar-refractivity contribution >= 4 is 56.4 Å². The van der Waals surface area contributed by atoms with Crippen LogP contribution in [0.25, 0.3) is 21.8 Å². The largest absolute Gasteiger partial charge is 0.355 e. The van der Waals surface area contributed by atoms with Gasteiger partial charge in [0, 0.05) is 33.9 Å². The van der Waals surface area contributed by atoms with Gasteiger partial charge in [0.25, 0.3) is 0 Å². The van der Waals surface area contributed by atoms with Crippen molar-refractivity contribution in [3.63, 3.8) is 0 Å². The van der Waals surface area contributed by atoms with Gasteiger partial charge in [-0.05, 0) is 42.5 Å². The molecule has 5 heteroatoms. The Morgan fingerprint density at radius 3 is 2.50 bits per heavy atom. The maximum atomic E-state index is 6.05. The number of pyridine rings is 1. The first-order chi connectivity index (χ1) is 10.7. The van der Waals surface area contributed by atoms with Crippen LogP contribution in [0, 0.1) is 0 Å². The number of nitrogens with zero attached hydrogens (tertiary/aromatic N) is 1. The SMILES string of the molecule is Clc1ccc(Nc2ccc3[nH]c4cnccc4c3c2)cc1Cl. The van der Waals surface area contributed by atoms with E-state index in [9.17, 15) is 0 Å². The standard InChI is InChI=1S/C17H11Cl2N3/c18-14-3-1-11(8-15(14)19)21-10-2-4-16-13(7-10)12-5-6-20-9-17(12)22-16/h1-9,21-22H. The van der Waals surface area contributed by atoms with Crippen LogP contribution in [0.15, 0.2) is 54.9 Å². The summed E-state index contributed by atoms with van der Waals surface area (Å²) in [6.45, 7) is 0. The molecule has 2 heterocycles. The predicted octanol–water partition coefficient (Wildman–Crippen LogP) is 5.77. The van der Waals surface area contributed by atoms with E-state index in [1.807, 2.05) is 30.5 Å². The molecule has 0 spiro atoms. The summed E-state index contributed by atoms with van der Waals surface area (Å²) in [5, 5.41) is 6.74. The van der Waals surface area contributed by atoms with Gasteiger partial charge in [0.2, 0.25) is 0 Å². The molecule has 2 aromatic heterocycles. The highest BCUT2D eigenvalue weighted by Crippen LogP contribution is 2.30. The van der Waals surface area contributed by atoms with Gasteiger partial charge < -0.3 is 10.3 Å². The van der Waals surface area contributed by atoms with E-state index in [2.05, 4.69) is 27.4 Å². The topological polar surface area (TPSA) is 40.7 Å². The van der Waals surface area contributed by atoms with Crippen molar-refractivity contribution in [1.29, 1.82) is 0 Å². The van der Waals surface area contributed by atoms with Crippen LogP contribution in [0.2, 0.25) is 10.0 Å². The van der Waals surface area contributed by atoms with Gasteiger partial charge in [-0.1, -0.05) is 23.2 Å². The molecule has 3 nitrogen and oxygen atoms in total. The first-order valence-corrected chi connectivity index (χ1v) is 7.54. The number of benzene rings is 2. The van der Waals surface area contributed by atoms with Gasteiger partial charge in [-0.25, -0.2) is 0 Å². The molecule has 0 bridgehead atoms. The van der Waals surface area contributed by atoms with Crippen molar-refractivity contribution in [2.24, 2.45) is 0 Å². The summed E-state index contributed by atoms with van der Waals surface area (Å²) < 4.78 is 0. The van der Waals surface area contributed by atoms with Crippen molar-refractivity contribution in [1.82, 2.24) is 9.97 Å². The summed E-state index contributed by atoms with van der Waals surface area (Å²) in [6, 6.07) is 13.7. The van der Waals surface area contributed by atoms with Gasteiger partial charge >= 0.3 is 0 Å². The minimum atomic E-state index is 0.533. The lowest BCUT2D eigenvalue weighted by Gasteiger charge is -2.07. The molecule has 22 heavy (non-hydrogen) atoms. The first kappa shape index (κ1) is 13.4. The molecular formula is C17H11Cl2N3. The third-order valence-electron chi connectivity index (χ3n) is 3.61. The van der Waals surface area contributed by atoms with Crippen LogP contribution in [0.4, 0.5) is 11.4 Å². The summed E-state index contributed by atoms with van der Waals surface area (Å²) in [5.41, 5.74) is 4.01. The van der Waals surface area contributed by atoms with E-state index in [4.69, 9.17) is 23.2 Å². The van der Waals surface area contributed by atoms with Gasteiger partial charge in [0.05, 0.1) is 21.8 Å². The van der Waals surface area contributed by atoms with Crippen molar-refractivity contribution < 1.29 is 0 Å². The van der Waals surface area contributed by atoms with Crippen molar-refractivity contribution in [2.75, 3.05) is 5.32 Å². The molecule has 0 aliphatic rings. The van der Waals surface area contributed by atoms with Crippen LogP contribution in [0.5, 0.6) is 0 Å². The van der Waals surface area contributed by atoms with Crippen LogP contribution >= 0.6 is 23.2 Å². The van der Waals surface area contributed by atoms with Crippen LogP contribution < -0.4 is 5.32 Å². The molecule has 4 aromatic rings. The molecule has 0 radical (unpaired) electrons. The van der Waals surface area contributed by atoms with E-state index in [0.29, 0.717) is 10.0 Å². The molecule has 0 aliphatic heterocycles. The average Bonchev–Trinajstić information content (AvgIpc) is 2.89. The minimum Gasteiger partial charge on any atom is -0.355 e. The maximum Gasteiger partial charge on any atom is 0.0651 e. The Kier molecular flexibility index (Phi) is 3.17. The van der Waals surface area contributed by atoms with Crippen LogP contribution in [-0.4, -0.2) is 9.97 Å². The normalized spacial score (nSPS) is 11.2. The number of H-pyrrole nitrogens is 1. The second-order valence-corrected chi connectivity index (χ2v) is 5.87. The van der Waals surface area contributed by atoms with E-state index in [1.54, 1.807) is 12.3 Å². The van der Waals surface area contributed by atoms with Crippen molar-refractivity contribution in [3.8, 4) is 0 Å². The molecule has 108 valence electrons. The number of anilines is 2. The Hall–Kier alpha value is -2.23. The highest BCUT2D eigenvalue weighted by atomic mass is 35.5. The predicted molar refractivity (Wildman–Crippen MR) is 93.3 cm³/mol. The maximum absolute atomic E-state index is 6.05. The highest BCUT2D eigenvalue weighted by Gasteiger charge is 2.06. The lowest BCUT2D eigenvalue weighted by molar-refractivity contribution is 1.35. The molecule has 0 unspecified atom stereocenters. The fourth-order valence-electron chi connectivity index (χ4n) is 2.57. The molecule has 0 fully saturated rings. The number of fused-ring (bicyclic) bond motifs is 3. The molecule has 4 rings (SSSR count). The van der Waals surface area contributed by atoms with E-state index < -0.39 is 0 Å². The third kappa shape index (κ3) is 2.28. The zero-order chi connectivity index (χ0) is 15.1. The number of hydrogen-bond acceptors (Lipinski definition) is 2. The first-order valence-electron chi connectivity index (χ1n) is 6.78. The van der Waals surface area contributed by atoms with Crippen LogP contribution in [0.3, 0.4) is 0 Å². The van der Waals surface area contributed by atoms with E-state index in [0.717, 1.165) is 33.2 Å². The van der Waals surface area contributed by atoms with Crippen molar-refractivity contribution in [3.05, 3.63) is 64.9 Å². The highest BCUT2D eigenvalue weighted by molar-refractivity contribution is 6.42. The molecule has 2 aromatic carbocycles. The molecule has 0 amide bonds. The van der Waals surface area contributed by atoms with Gasteiger partial charge in [-0.3, -0.25) is 4.98 Å². The molecule has 0 saturated heterocycles. The summed E-state index contributed by atoms with van der Waals surface area (Å²) in [6.07, 6.45) is 3.64. The Morgan fingerprint density at radius 2 is 1.64 bits per heavy atom. The summed E-state index contributed by atoms with van der Waals surface area (Å²) in [5.74, 6) is 0. The lowest BCUT2D eigenvalue weighted by atomic mass is 10.1.